The number of carboxylic acid groups (broad SMARTS) is 1. The van der Waals surface area contributed by atoms with Gasteiger partial charge in [0.15, 0.2) is 0 Å². The van der Waals surface area contributed by atoms with Crippen LogP contribution in [0.4, 0.5) is 0 Å². The van der Waals surface area contributed by atoms with Crippen LogP contribution < -0.4 is 5.32 Å². The highest BCUT2D eigenvalue weighted by atomic mass is 35.5. The van der Waals surface area contributed by atoms with Crippen LogP contribution in [0.5, 0.6) is 0 Å². The Kier molecular flexibility index (Phi) is 4.32. The molecule has 102 valence electrons. The van der Waals surface area contributed by atoms with Crippen LogP contribution in [0.2, 0.25) is 10.0 Å². The van der Waals surface area contributed by atoms with Gasteiger partial charge in [0, 0.05) is 11.1 Å². The Labute approximate surface area is 120 Å². The monoisotopic (exact) mass is 301 g/mol. The maximum Gasteiger partial charge on any atom is 0.305 e. The number of carbonyl (C=O) groups excluding carboxylic acids is 1. The lowest BCUT2D eigenvalue weighted by molar-refractivity contribution is -0.137. The van der Waals surface area contributed by atoms with Gasteiger partial charge >= 0.3 is 5.97 Å². The number of carbonyl (C=O) groups is 2. The van der Waals surface area contributed by atoms with Crippen molar-refractivity contribution in [2.45, 2.75) is 25.3 Å². The van der Waals surface area contributed by atoms with Crippen molar-refractivity contribution in [3.05, 3.63) is 33.8 Å². The van der Waals surface area contributed by atoms with E-state index in [0.29, 0.717) is 10.6 Å². The first kappa shape index (κ1) is 14.2. The molecule has 0 spiro atoms. The molecule has 1 saturated carbocycles. The van der Waals surface area contributed by atoms with Gasteiger partial charge in [-0.3, -0.25) is 9.59 Å². The Hall–Kier alpha value is -1.26. The third-order valence-electron chi connectivity index (χ3n) is 3.08. The Morgan fingerprint density at radius 1 is 1.37 bits per heavy atom. The van der Waals surface area contributed by atoms with Crippen molar-refractivity contribution < 1.29 is 14.7 Å². The second-order valence-electron chi connectivity index (χ2n) is 4.64. The summed E-state index contributed by atoms with van der Waals surface area (Å²) in [6.07, 6.45) is 1.83. The number of hydrogen-bond donors (Lipinski definition) is 2. The Morgan fingerprint density at radius 3 is 2.58 bits per heavy atom. The summed E-state index contributed by atoms with van der Waals surface area (Å²) in [5.41, 5.74) is 0.308. The van der Waals surface area contributed by atoms with E-state index in [1.54, 1.807) is 6.07 Å². The van der Waals surface area contributed by atoms with Crippen molar-refractivity contribution in [1.82, 2.24) is 5.32 Å². The molecule has 1 unspecified atom stereocenters. The largest absolute Gasteiger partial charge is 0.481 e. The number of hydrogen-bond acceptors (Lipinski definition) is 2. The maximum absolute atomic E-state index is 12.1. The van der Waals surface area contributed by atoms with Crippen LogP contribution in [0.1, 0.15) is 29.6 Å². The summed E-state index contributed by atoms with van der Waals surface area (Å²) in [5.74, 6) is -1.02. The molecule has 0 heterocycles. The number of benzene rings is 1. The molecule has 6 heteroatoms. The highest BCUT2D eigenvalue weighted by Gasteiger charge is 2.34. The van der Waals surface area contributed by atoms with Crippen LogP contribution in [0, 0.1) is 5.92 Å². The van der Waals surface area contributed by atoms with Crippen molar-refractivity contribution >= 4 is 35.1 Å². The van der Waals surface area contributed by atoms with Gasteiger partial charge in [-0.1, -0.05) is 23.2 Å². The standard InChI is InChI=1S/C13H13Cl2NO3/c14-8-3-4-9(10(15)5-8)13(19)16-11(6-12(17)18)7-1-2-7/h3-5,7,11H,1-2,6H2,(H,16,19)(H,17,18). The average molecular weight is 302 g/mol. The average Bonchev–Trinajstić information content (AvgIpc) is 3.10. The Balaban J connectivity index is 2.08. The summed E-state index contributed by atoms with van der Waals surface area (Å²) in [4.78, 5) is 22.8. The van der Waals surface area contributed by atoms with Gasteiger partial charge in [-0.2, -0.15) is 0 Å². The summed E-state index contributed by atoms with van der Waals surface area (Å²) in [6.45, 7) is 0. The molecule has 0 aromatic heterocycles. The van der Waals surface area contributed by atoms with Gasteiger partial charge in [0.2, 0.25) is 0 Å². The minimum atomic E-state index is -0.917. The lowest BCUT2D eigenvalue weighted by Crippen LogP contribution is -2.38. The lowest BCUT2D eigenvalue weighted by atomic mass is 10.1. The maximum atomic E-state index is 12.1. The molecule has 1 atom stereocenters. The second-order valence-corrected chi connectivity index (χ2v) is 5.48. The lowest BCUT2D eigenvalue weighted by Gasteiger charge is -2.16. The molecular formula is C13H13Cl2NO3. The Morgan fingerprint density at radius 2 is 2.05 bits per heavy atom. The van der Waals surface area contributed by atoms with Gasteiger partial charge in [0.1, 0.15) is 0 Å². The SMILES string of the molecule is O=C(O)CC(NC(=O)c1ccc(Cl)cc1Cl)C1CC1. The van der Waals surface area contributed by atoms with Crippen LogP contribution in [0.25, 0.3) is 0 Å². The van der Waals surface area contributed by atoms with E-state index in [4.69, 9.17) is 28.3 Å². The fourth-order valence-electron chi connectivity index (χ4n) is 1.94. The van der Waals surface area contributed by atoms with E-state index in [0.717, 1.165) is 12.8 Å². The van der Waals surface area contributed by atoms with E-state index >= 15 is 0 Å². The highest BCUT2D eigenvalue weighted by molar-refractivity contribution is 6.36. The van der Waals surface area contributed by atoms with Crippen LogP contribution in [-0.2, 0) is 4.79 Å². The molecule has 0 aliphatic heterocycles. The topological polar surface area (TPSA) is 66.4 Å². The molecule has 1 fully saturated rings. The van der Waals surface area contributed by atoms with E-state index in [9.17, 15) is 9.59 Å². The molecule has 1 aliphatic rings. The zero-order chi connectivity index (χ0) is 14.0. The van der Waals surface area contributed by atoms with Gasteiger partial charge < -0.3 is 10.4 Å². The van der Waals surface area contributed by atoms with E-state index in [1.807, 2.05) is 0 Å². The van der Waals surface area contributed by atoms with Gasteiger partial charge in [-0.25, -0.2) is 0 Å². The molecule has 1 aromatic rings. The number of rotatable bonds is 5. The van der Waals surface area contributed by atoms with Crippen molar-refractivity contribution in [2.24, 2.45) is 5.92 Å². The number of amides is 1. The van der Waals surface area contributed by atoms with E-state index < -0.39 is 5.97 Å². The fourth-order valence-corrected chi connectivity index (χ4v) is 2.44. The van der Waals surface area contributed by atoms with Gasteiger partial charge in [-0.05, 0) is 37.0 Å². The van der Waals surface area contributed by atoms with Crippen molar-refractivity contribution in [1.29, 1.82) is 0 Å². The third-order valence-corrected chi connectivity index (χ3v) is 3.63. The molecule has 2 N–H and O–H groups in total. The van der Waals surface area contributed by atoms with E-state index in [-0.39, 0.29) is 29.3 Å². The smallest absolute Gasteiger partial charge is 0.305 e. The zero-order valence-corrected chi connectivity index (χ0v) is 11.5. The predicted octanol–water partition coefficient (Wildman–Crippen LogP) is 2.98. The molecule has 0 radical (unpaired) electrons. The van der Waals surface area contributed by atoms with E-state index in [1.165, 1.54) is 12.1 Å². The minimum absolute atomic E-state index is 0.0678. The first-order valence-electron chi connectivity index (χ1n) is 5.95. The number of nitrogens with one attached hydrogen (secondary N) is 1. The zero-order valence-electron chi connectivity index (χ0n) is 10.0. The third kappa shape index (κ3) is 3.85. The summed E-state index contributed by atoms with van der Waals surface area (Å²) in [6, 6.07) is 4.26. The van der Waals surface area contributed by atoms with Crippen molar-refractivity contribution in [2.75, 3.05) is 0 Å². The molecule has 0 saturated heterocycles. The van der Waals surface area contributed by atoms with Gasteiger partial charge in [-0.15, -0.1) is 0 Å². The molecule has 4 nitrogen and oxygen atoms in total. The molecule has 1 amide bonds. The minimum Gasteiger partial charge on any atom is -0.481 e. The first-order valence-corrected chi connectivity index (χ1v) is 6.70. The predicted molar refractivity (Wildman–Crippen MR) is 72.7 cm³/mol. The molecule has 2 rings (SSSR count). The number of halogens is 2. The summed E-state index contributed by atoms with van der Waals surface area (Å²) in [7, 11) is 0. The summed E-state index contributed by atoms with van der Waals surface area (Å²) in [5, 5.41) is 12.3. The van der Waals surface area contributed by atoms with E-state index in [2.05, 4.69) is 5.32 Å². The molecule has 1 aliphatic carbocycles. The fraction of sp³-hybridized carbons (Fsp3) is 0.385. The van der Waals surface area contributed by atoms with Crippen LogP contribution in [0.3, 0.4) is 0 Å². The molecule has 1 aromatic carbocycles. The van der Waals surface area contributed by atoms with Crippen molar-refractivity contribution in [3.8, 4) is 0 Å². The number of carboxylic acids is 1. The number of aliphatic carboxylic acids is 1. The summed E-state index contributed by atoms with van der Waals surface area (Å²) >= 11 is 11.7. The first-order chi connectivity index (χ1) is 8.97. The van der Waals surface area contributed by atoms with Crippen LogP contribution in [0.15, 0.2) is 18.2 Å². The normalized spacial score (nSPS) is 15.9. The Bertz CT molecular complexity index is 515. The van der Waals surface area contributed by atoms with Crippen molar-refractivity contribution in [3.63, 3.8) is 0 Å². The summed E-state index contributed by atoms with van der Waals surface area (Å²) < 4.78 is 0. The molecule has 19 heavy (non-hydrogen) atoms. The highest BCUT2D eigenvalue weighted by Crippen LogP contribution is 2.34. The van der Waals surface area contributed by atoms with Gasteiger partial charge in [0.05, 0.1) is 17.0 Å². The van der Waals surface area contributed by atoms with Crippen LogP contribution >= 0.6 is 23.2 Å². The van der Waals surface area contributed by atoms with Gasteiger partial charge in [0.25, 0.3) is 5.91 Å². The quantitative estimate of drug-likeness (QED) is 0.878. The van der Waals surface area contributed by atoms with Crippen LogP contribution in [-0.4, -0.2) is 23.0 Å². The second kappa shape index (κ2) is 5.80. The molecule has 0 bridgehead atoms. The molecular weight excluding hydrogens is 289 g/mol.